The number of pyridine rings is 1. The molecule has 22 heavy (non-hydrogen) atoms. The zero-order valence-corrected chi connectivity index (χ0v) is 14.1. The zero-order valence-electron chi connectivity index (χ0n) is 14.1. The van der Waals surface area contributed by atoms with Crippen LogP contribution < -0.4 is 5.32 Å². The van der Waals surface area contributed by atoms with Crippen molar-refractivity contribution in [3.8, 4) is 0 Å². The average molecular weight is 305 g/mol. The number of nitrogens with one attached hydrogen (secondary N) is 1. The van der Waals surface area contributed by atoms with Crippen LogP contribution in [0.3, 0.4) is 0 Å². The van der Waals surface area contributed by atoms with E-state index in [9.17, 15) is 0 Å². The Bertz CT molecular complexity index is 389. The Morgan fingerprint density at radius 2 is 2.23 bits per heavy atom. The van der Waals surface area contributed by atoms with Gasteiger partial charge in [0.05, 0.1) is 11.8 Å². The van der Waals surface area contributed by atoms with Gasteiger partial charge in [0.2, 0.25) is 0 Å². The van der Waals surface area contributed by atoms with E-state index in [-0.39, 0.29) is 0 Å². The molecule has 124 valence electrons. The smallest absolute Gasteiger partial charge is 0.0544 e. The first-order valence-corrected chi connectivity index (χ1v) is 8.72. The Kier molecular flexibility index (Phi) is 7.85. The summed E-state index contributed by atoms with van der Waals surface area (Å²) < 4.78 is 5.70. The molecule has 1 atom stereocenters. The van der Waals surface area contributed by atoms with Gasteiger partial charge in [0, 0.05) is 31.9 Å². The normalized spacial score (nSPS) is 19.5. The second-order valence-electron chi connectivity index (χ2n) is 6.40. The van der Waals surface area contributed by atoms with E-state index in [2.05, 4.69) is 41.2 Å². The third-order valence-electron chi connectivity index (χ3n) is 4.19. The van der Waals surface area contributed by atoms with Gasteiger partial charge in [-0.1, -0.05) is 6.07 Å². The van der Waals surface area contributed by atoms with Crippen LogP contribution in [0.1, 0.15) is 45.2 Å². The topological polar surface area (TPSA) is 37.4 Å². The summed E-state index contributed by atoms with van der Waals surface area (Å²) in [4.78, 5) is 7.11. The Morgan fingerprint density at radius 3 is 3.00 bits per heavy atom. The van der Waals surface area contributed by atoms with Crippen molar-refractivity contribution < 1.29 is 4.74 Å². The predicted molar refractivity (Wildman–Crippen MR) is 90.9 cm³/mol. The fraction of sp³-hybridized carbons (Fsp3) is 0.722. The van der Waals surface area contributed by atoms with Gasteiger partial charge in [-0.15, -0.1) is 0 Å². The maximum absolute atomic E-state index is 5.70. The molecule has 1 N–H and O–H groups in total. The molecule has 1 aromatic rings. The molecular weight excluding hydrogens is 274 g/mol. The summed E-state index contributed by atoms with van der Waals surface area (Å²) in [5.41, 5.74) is 1.17. The second-order valence-corrected chi connectivity index (χ2v) is 6.40. The molecule has 0 aromatic carbocycles. The predicted octanol–water partition coefficient (Wildman–Crippen LogP) is 2.84. The van der Waals surface area contributed by atoms with E-state index >= 15 is 0 Å². The Morgan fingerprint density at radius 1 is 1.32 bits per heavy atom. The molecule has 0 bridgehead atoms. The van der Waals surface area contributed by atoms with Gasteiger partial charge in [-0.3, -0.25) is 9.88 Å². The molecule has 0 amide bonds. The molecule has 2 heterocycles. The van der Waals surface area contributed by atoms with Crippen molar-refractivity contribution in [3.05, 3.63) is 30.1 Å². The molecular formula is C18H31N3O. The van der Waals surface area contributed by atoms with E-state index in [4.69, 9.17) is 4.74 Å². The highest BCUT2D eigenvalue weighted by Gasteiger charge is 2.20. The van der Waals surface area contributed by atoms with Crippen LogP contribution in [0, 0.1) is 0 Å². The second kappa shape index (κ2) is 9.93. The lowest BCUT2D eigenvalue weighted by Crippen LogP contribution is -2.37. The van der Waals surface area contributed by atoms with Gasteiger partial charge < -0.3 is 10.1 Å². The monoisotopic (exact) mass is 305 g/mol. The Balaban J connectivity index is 1.90. The fourth-order valence-corrected chi connectivity index (χ4v) is 3.04. The van der Waals surface area contributed by atoms with E-state index in [0.29, 0.717) is 12.1 Å². The SMILES string of the molecule is CC(C)OCCCN(Cc1ccccn1)[C@@H]1CCCNCC1. The van der Waals surface area contributed by atoms with Crippen LogP contribution in [0.15, 0.2) is 24.4 Å². The average Bonchev–Trinajstić information content (AvgIpc) is 2.80. The van der Waals surface area contributed by atoms with Crippen LogP contribution in [-0.4, -0.2) is 48.3 Å². The Hall–Kier alpha value is -0.970. The summed E-state index contributed by atoms with van der Waals surface area (Å²) in [5, 5.41) is 3.51. The summed E-state index contributed by atoms with van der Waals surface area (Å²) in [6.07, 6.45) is 7.10. The van der Waals surface area contributed by atoms with Crippen LogP contribution in [-0.2, 0) is 11.3 Å². The highest BCUT2D eigenvalue weighted by atomic mass is 16.5. The summed E-state index contributed by atoms with van der Waals surface area (Å²) in [7, 11) is 0. The van der Waals surface area contributed by atoms with E-state index in [1.807, 2.05) is 12.3 Å². The van der Waals surface area contributed by atoms with E-state index in [1.165, 1.54) is 25.0 Å². The van der Waals surface area contributed by atoms with Crippen molar-refractivity contribution in [3.63, 3.8) is 0 Å². The molecule has 4 heteroatoms. The molecule has 0 aliphatic carbocycles. The van der Waals surface area contributed by atoms with Gasteiger partial charge in [-0.05, 0) is 64.8 Å². The molecule has 1 fully saturated rings. The maximum atomic E-state index is 5.70. The first-order chi connectivity index (χ1) is 10.8. The molecule has 0 saturated carbocycles. The van der Waals surface area contributed by atoms with E-state index in [0.717, 1.165) is 39.2 Å². The van der Waals surface area contributed by atoms with Gasteiger partial charge in [0.25, 0.3) is 0 Å². The number of hydrogen-bond donors (Lipinski definition) is 1. The molecule has 0 unspecified atom stereocenters. The van der Waals surface area contributed by atoms with Gasteiger partial charge in [0.1, 0.15) is 0 Å². The minimum atomic E-state index is 0.325. The Labute approximate surface area is 135 Å². The van der Waals surface area contributed by atoms with Crippen molar-refractivity contribution in [2.75, 3.05) is 26.2 Å². The molecule has 4 nitrogen and oxygen atoms in total. The van der Waals surface area contributed by atoms with Crippen LogP contribution in [0.5, 0.6) is 0 Å². The van der Waals surface area contributed by atoms with Crippen molar-refractivity contribution in [2.24, 2.45) is 0 Å². The lowest BCUT2D eigenvalue weighted by Gasteiger charge is -2.31. The number of rotatable bonds is 8. The molecule has 1 saturated heterocycles. The van der Waals surface area contributed by atoms with E-state index in [1.54, 1.807) is 0 Å². The van der Waals surface area contributed by atoms with Crippen LogP contribution in [0.2, 0.25) is 0 Å². The minimum absolute atomic E-state index is 0.325. The summed E-state index contributed by atoms with van der Waals surface area (Å²) >= 11 is 0. The standard InChI is InChI=1S/C18H31N3O/c1-16(2)22-14-6-13-21(15-17-7-3-4-11-20-17)18-8-5-10-19-12-9-18/h3-4,7,11,16,18-19H,5-6,8-10,12-15H2,1-2H3/t18-/m1/s1. The summed E-state index contributed by atoms with van der Waals surface area (Å²) in [5.74, 6) is 0. The number of aromatic nitrogens is 1. The third-order valence-corrected chi connectivity index (χ3v) is 4.19. The highest BCUT2D eigenvalue weighted by molar-refractivity contribution is 5.03. The molecule has 0 spiro atoms. The van der Waals surface area contributed by atoms with Crippen molar-refractivity contribution in [2.45, 2.75) is 58.2 Å². The lowest BCUT2D eigenvalue weighted by atomic mass is 10.1. The number of nitrogens with zero attached hydrogens (tertiary/aromatic N) is 2. The van der Waals surface area contributed by atoms with Gasteiger partial charge in [0.15, 0.2) is 0 Å². The highest BCUT2D eigenvalue weighted by Crippen LogP contribution is 2.16. The van der Waals surface area contributed by atoms with Gasteiger partial charge in [-0.2, -0.15) is 0 Å². The summed E-state index contributed by atoms with van der Waals surface area (Å²) in [6, 6.07) is 6.86. The number of hydrogen-bond acceptors (Lipinski definition) is 4. The van der Waals surface area contributed by atoms with Crippen molar-refractivity contribution in [1.29, 1.82) is 0 Å². The third kappa shape index (κ3) is 6.42. The molecule has 1 aliphatic heterocycles. The van der Waals surface area contributed by atoms with Crippen LogP contribution >= 0.6 is 0 Å². The maximum Gasteiger partial charge on any atom is 0.0544 e. The quantitative estimate of drug-likeness (QED) is 0.750. The van der Waals surface area contributed by atoms with Crippen LogP contribution in [0.4, 0.5) is 0 Å². The van der Waals surface area contributed by atoms with E-state index < -0.39 is 0 Å². The van der Waals surface area contributed by atoms with Crippen molar-refractivity contribution in [1.82, 2.24) is 15.2 Å². The molecule has 1 aliphatic rings. The zero-order chi connectivity index (χ0) is 15.6. The van der Waals surface area contributed by atoms with Crippen molar-refractivity contribution >= 4 is 0 Å². The molecule has 2 rings (SSSR count). The van der Waals surface area contributed by atoms with Gasteiger partial charge in [-0.25, -0.2) is 0 Å². The number of ether oxygens (including phenoxy) is 1. The first-order valence-electron chi connectivity index (χ1n) is 8.72. The largest absolute Gasteiger partial charge is 0.379 e. The first kappa shape index (κ1) is 17.4. The molecule has 0 radical (unpaired) electrons. The van der Waals surface area contributed by atoms with Crippen LogP contribution in [0.25, 0.3) is 0 Å². The van der Waals surface area contributed by atoms with Gasteiger partial charge >= 0.3 is 0 Å². The molecule has 1 aromatic heterocycles. The fourth-order valence-electron chi connectivity index (χ4n) is 3.04. The summed E-state index contributed by atoms with van der Waals surface area (Å²) in [6.45, 7) is 9.38. The minimum Gasteiger partial charge on any atom is -0.379 e. The lowest BCUT2D eigenvalue weighted by molar-refractivity contribution is 0.0641.